The van der Waals surface area contributed by atoms with E-state index in [0.717, 1.165) is 12.8 Å². The van der Waals surface area contributed by atoms with Crippen LogP contribution in [0.2, 0.25) is 0 Å². The van der Waals surface area contributed by atoms with Crippen molar-refractivity contribution in [1.29, 1.82) is 0 Å². The highest BCUT2D eigenvalue weighted by Gasteiger charge is 2.17. The second kappa shape index (κ2) is 4.88. The van der Waals surface area contributed by atoms with Gasteiger partial charge >= 0.3 is 5.97 Å². The normalized spacial score (nSPS) is 15.8. The van der Waals surface area contributed by atoms with Gasteiger partial charge in [-0.1, -0.05) is 6.07 Å². The number of pyridine rings is 1. The van der Waals surface area contributed by atoms with Gasteiger partial charge in [-0.3, -0.25) is 0 Å². The van der Waals surface area contributed by atoms with Crippen LogP contribution in [-0.2, 0) is 0 Å². The second-order valence-electron chi connectivity index (χ2n) is 4.85. The van der Waals surface area contributed by atoms with E-state index in [2.05, 4.69) is 4.98 Å². The number of carboxylic acids is 1. The van der Waals surface area contributed by atoms with Crippen LogP contribution in [0.25, 0.3) is 10.9 Å². The van der Waals surface area contributed by atoms with Crippen molar-refractivity contribution in [2.75, 3.05) is 0 Å². The molecule has 19 heavy (non-hydrogen) atoms. The van der Waals surface area contributed by atoms with E-state index in [9.17, 15) is 4.79 Å². The summed E-state index contributed by atoms with van der Waals surface area (Å²) in [7, 11) is 0. The van der Waals surface area contributed by atoms with E-state index in [4.69, 9.17) is 9.84 Å². The Hall–Kier alpha value is -2.10. The van der Waals surface area contributed by atoms with Crippen LogP contribution in [0.15, 0.2) is 30.3 Å². The highest BCUT2D eigenvalue weighted by molar-refractivity contribution is 6.02. The summed E-state index contributed by atoms with van der Waals surface area (Å²) in [6.07, 6.45) is 4.83. The average molecular weight is 257 g/mol. The maximum Gasteiger partial charge on any atom is 0.336 e. The molecule has 1 aromatic heterocycles. The van der Waals surface area contributed by atoms with Gasteiger partial charge in [0.05, 0.1) is 11.1 Å². The third-order valence-electron chi connectivity index (χ3n) is 3.53. The molecule has 0 spiro atoms. The van der Waals surface area contributed by atoms with E-state index >= 15 is 0 Å². The third-order valence-corrected chi connectivity index (χ3v) is 3.53. The van der Waals surface area contributed by atoms with Gasteiger partial charge in [0.2, 0.25) is 5.88 Å². The molecule has 0 atom stereocenters. The second-order valence-corrected chi connectivity index (χ2v) is 4.85. The van der Waals surface area contributed by atoms with Gasteiger partial charge in [0, 0.05) is 11.5 Å². The molecule has 0 unspecified atom stereocenters. The highest BCUT2D eigenvalue weighted by Crippen LogP contribution is 2.25. The first kappa shape index (κ1) is 12.0. The number of carbonyl (C=O) groups is 1. The van der Waals surface area contributed by atoms with E-state index in [-0.39, 0.29) is 11.7 Å². The molecule has 0 saturated heterocycles. The summed E-state index contributed by atoms with van der Waals surface area (Å²) in [5, 5.41) is 9.77. The minimum atomic E-state index is -0.933. The van der Waals surface area contributed by atoms with Gasteiger partial charge in [-0.25, -0.2) is 9.78 Å². The Morgan fingerprint density at radius 1 is 1.21 bits per heavy atom. The molecule has 1 aliphatic carbocycles. The van der Waals surface area contributed by atoms with Crippen molar-refractivity contribution in [2.24, 2.45) is 0 Å². The van der Waals surface area contributed by atoms with Crippen molar-refractivity contribution in [3.8, 4) is 5.88 Å². The van der Waals surface area contributed by atoms with Crippen LogP contribution in [0.5, 0.6) is 5.88 Å². The zero-order valence-corrected chi connectivity index (χ0v) is 10.5. The van der Waals surface area contributed by atoms with Crippen molar-refractivity contribution in [1.82, 2.24) is 4.98 Å². The largest absolute Gasteiger partial charge is 0.478 e. The summed E-state index contributed by atoms with van der Waals surface area (Å²) in [6, 6.07) is 8.63. The average Bonchev–Trinajstić information content (AvgIpc) is 2.90. The molecule has 1 saturated carbocycles. The Kier molecular flexibility index (Phi) is 3.07. The highest BCUT2D eigenvalue weighted by atomic mass is 16.5. The number of nitrogens with zero attached hydrogens (tertiary/aromatic N) is 1. The minimum absolute atomic E-state index is 0.257. The van der Waals surface area contributed by atoms with Crippen molar-refractivity contribution >= 4 is 16.9 Å². The summed E-state index contributed by atoms with van der Waals surface area (Å²) in [4.78, 5) is 15.5. The van der Waals surface area contributed by atoms with Gasteiger partial charge < -0.3 is 9.84 Å². The molecule has 1 aromatic carbocycles. The van der Waals surface area contributed by atoms with E-state index in [1.165, 1.54) is 12.8 Å². The Bertz CT molecular complexity index is 618. The van der Waals surface area contributed by atoms with Crippen LogP contribution >= 0.6 is 0 Å². The van der Waals surface area contributed by atoms with Crippen LogP contribution in [0, 0.1) is 0 Å². The summed E-state index contributed by atoms with van der Waals surface area (Å²) < 4.78 is 5.83. The molecule has 2 aromatic rings. The fourth-order valence-corrected chi connectivity index (χ4v) is 2.57. The van der Waals surface area contributed by atoms with Gasteiger partial charge in [-0.15, -0.1) is 0 Å². The number of rotatable bonds is 3. The van der Waals surface area contributed by atoms with Crippen LogP contribution in [0.3, 0.4) is 0 Å². The molecule has 0 bridgehead atoms. The molecule has 1 N–H and O–H groups in total. The molecule has 0 amide bonds. The number of fused-ring (bicyclic) bond motifs is 1. The van der Waals surface area contributed by atoms with Crippen LogP contribution < -0.4 is 4.74 Å². The SMILES string of the molecule is O=C(O)c1cccc2nc(OC3CCCC3)ccc12. The summed E-state index contributed by atoms with van der Waals surface area (Å²) in [5.41, 5.74) is 0.938. The lowest BCUT2D eigenvalue weighted by Crippen LogP contribution is -2.11. The topological polar surface area (TPSA) is 59.4 Å². The van der Waals surface area contributed by atoms with Gasteiger partial charge in [0.1, 0.15) is 6.10 Å². The fraction of sp³-hybridized carbons (Fsp3) is 0.333. The first-order valence-corrected chi connectivity index (χ1v) is 6.54. The number of hydrogen-bond acceptors (Lipinski definition) is 3. The number of aromatic nitrogens is 1. The lowest BCUT2D eigenvalue weighted by molar-refractivity contribution is 0.0699. The lowest BCUT2D eigenvalue weighted by atomic mass is 10.1. The number of hydrogen-bond donors (Lipinski definition) is 1. The number of ether oxygens (including phenoxy) is 1. The first-order valence-electron chi connectivity index (χ1n) is 6.54. The summed E-state index contributed by atoms with van der Waals surface area (Å²) in [5.74, 6) is -0.348. The maximum absolute atomic E-state index is 11.1. The van der Waals surface area contributed by atoms with Gasteiger partial charge in [0.15, 0.2) is 0 Å². The zero-order chi connectivity index (χ0) is 13.2. The number of benzene rings is 1. The van der Waals surface area contributed by atoms with E-state index in [0.29, 0.717) is 16.8 Å². The number of carboxylic acid groups (broad SMARTS) is 1. The van der Waals surface area contributed by atoms with Crippen LogP contribution in [-0.4, -0.2) is 22.2 Å². The van der Waals surface area contributed by atoms with Crippen LogP contribution in [0.4, 0.5) is 0 Å². The molecule has 1 heterocycles. The summed E-state index contributed by atoms with van der Waals surface area (Å²) in [6.45, 7) is 0. The Morgan fingerprint density at radius 2 is 2.00 bits per heavy atom. The predicted molar refractivity (Wildman–Crippen MR) is 71.6 cm³/mol. The first-order chi connectivity index (χ1) is 9.24. The lowest BCUT2D eigenvalue weighted by Gasteiger charge is -2.12. The van der Waals surface area contributed by atoms with Crippen molar-refractivity contribution in [2.45, 2.75) is 31.8 Å². The standard InChI is InChI=1S/C15H15NO3/c17-15(18)12-6-3-7-13-11(12)8-9-14(16-13)19-10-4-1-2-5-10/h3,6-10H,1-2,4-5H2,(H,17,18). The Labute approximate surface area is 111 Å². The van der Waals surface area contributed by atoms with Crippen molar-refractivity contribution < 1.29 is 14.6 Å². The molecule has 3 rings (SSSR count). The van der Waals surface area contributed by atoms with E-state index in [1.54, 1.807) is 24.3 Å². The molecule has 98 valence electrons. The van der Waals surface area contributed by atoms with Crippen molar-refractivity contribution in [3.63, 3.8) is 0 Å². The molecule has 1 aliphatic rings. The van der Waals surface area contributed by atoms with Gasteiger partial charge in [-0.2, -0.15) is 0 Å². The Balaban J connectivity index is 1.94. The van der Waals surface area contributed by atoms with E-state index < -0.39 is 5.97 Å². The van der Waals surface area contributed by atoms with E-state index in [1.807, 2.05) is 6.07 Å². The third kappa shape index (κ3) is 2.38. The maximum atomic E-state index is 11.1. The van der Waals surface area contributed by atoms with Crippen LogP contribution in [0.1, 0.15) is 36.0 Å². The minimum Gasteiger partial charge on any atom is -0.478 e. The zero-order valence-electron chi connectivity index (χ0n) is 10.5. The van der Waals surface area contributed by atoms with Crippen molar-refractivity contribution in [3.05, 3.63) is 35.9 Å². The molecule has 4 heteroatoms. The number of aromatic carboxylic acids is 1. The van der Waals surface area contributed by atoms with Gasteiger partial charge in [0.25, 0.3) is 0 Å². The monoisotopic (exact) mass is 257 g/mol. The van der Waals surface area contributed by atoms with Gasteiger partial charge in [-0.05, 0) is 43.9 Å². The fourth-order valence-electron chi connectivity index (χ4n) is 2.57. The Morgan fingerprint density at radius 3 is 2.74 bits per heavy atom. The molecular weight excluding hydrogens is 242 g/mol. The molecular formula is C15H15NO3. The summed E-state index contributed by atoms with van der Waals surface area (Å²) >= 11 is 0. The molecule has 1 fully saturated rings. The quantitative estimate of drug-likeness (QED) is 0.916. The predicted octanol–water partition coefficient (Wildman–Crippen LogP) is 3.25. The molecule has 0 aliphatic heterocycles. The smallest absolute Gasteiger partial charge is 0.336 e. The molecule has 4 nitrogen and oxygen atoms in total. The molecule has 0 radical (unpaired) electrons.